The van der Waals surface area contributed by atoms with E-state index in [4.69, 9.17) is 4.74 Å². The number of pyridine rings is 1. The van der Waals surface area contributed by atoms with E-state index >= 15 is 0 Å². The third kappa shape index (κ3) is 2.56. The van der Waals surface area contributed by atoms with Crippen LogP contribution in [0.4, 0.5) is 11.4 Å². The van der Waals surface area contributed by atoms with Gasteiger partial charge in [-0.1, -0.05) is 30.3 Å². The Kier molecular flexibility index (Phi) is 3.51. The van der Waals surface area contributed by atoms with E-state index in [0.717, 1.165) is 16.6 Å². The molecule has 21 heavy (non-hydrogen) atoms. The smallest absolute Gasteiger partial charge is 0.339 e. The predicted octanol–water partition coefficient (Wildman–Crippen LogP) is 3.77. The monoisotopic (exact) mass is 278 g/mol. The Morgan fingerprint density at radius 2 is 1.76 bits per heavy atom. The summed E-state index contributed by atoms with van der Waals surface area (Å²) < 4.78 is 4.81. The van der Waals surface area contributed by atoms with Gasteiger partial charge in [0.1, 0.15) is 0 Å². The normalized spacial score (nSPS) is 10.3. The van der Waals surface area contributed by atoms with Crippen LogP contribution in [0.15, 0.2) is 60.8 Å². The Balaban J connectivity index is 2.05. The van der Waals surface area contributed by atoms with Crippen molar-refractivity contribution < 1.29 is 9.53 Å². The van der Waals surface area contributed by atoms with E-state index in [2.05, 4.69) is 10.3 Å². The van der Waals surface area contributed by atoms with Crippen molar-refractivity contribution in [3.8, 4) is 0 Å². The summed E-state index contributed by atoms with van der Waals surface area (Å²) in [5, 5.41) is 4.29. The lowest BCUT2D eigenvalue weighted by Crippen LogP contribution is -2.05. The molecule has 0 fully saturated rings. The summed E-state index contributed by atoms with van der Waals surface area (Å²) in [5.41, 5.74) is 3.01. The molecule has 4 heteroatoms. The van der Waals surface area contributed by atoms with E-state index in [-0.39, 0.29) is 5.97 Å². The highest BCUT2D eigenvalue weighted by Gasteiger charge is 2.11. The van der Waals surface area contributed by atoms with Crippen molar-refractivity contribution in [2.45, 2.75) is 0 Å². The number of rotatable bonds is 3. The quantitative estimate of drug-likeness (QED) is 0.741. The second-order valence-corrected chi connectivity index (χ2v) is 4.54. The van der Waals surface area contributed by atoms with Gasteiger partial charge in [0.2, 0.25) is 0 Å². The standard InChI is InChI=1S/C17H14N2O2/c1-21-17(20)13-7-3-5-9-15(13)19-16-10-11-18-14-8-4-2-6-12(14)16/h2-11H,1H3,(H,18,19). The number of ether oxygens (including phenoxy) is 1. The highest BCUT2D eigenvalue weighted by atomic mass is 16.5. The number of para-hydroxylation sites is 2. The van der Waals surface area contributed by atoms with Crippen LogP contribution < -0.4 is 5.32 Å². The number of nitrogens with zero attached hydrogens (tertiary/aromatic N) is 1. The molecule has 2 aromatic carbocycles. The molecule has 1 N–H and O–H groups in total. The third-order valence-corrected chi connectivity index (χ3v) is 3.25. The lowest BCUT2D eigenvalue weighted by molar-refractivity contribution is 0.0602. The highest BCUT2D eigenvalue weighted by molar-refractivity contribution is 5.99. The van der Waals surface area contributed by atoms with Crippen molar-refractivity contribution >= 4 is 28.2 Å². The van der Waals surface area contributed by atoms with E-state index in [9.17, 15) is 4.79 Å². The van der Waals surface area contributed by atoms with Crippen molar-refractivity contribution in [3.05, 3.63) is 66.4 Å². The highest BCUT2D eigenvalue weighted by Crippen LogP contribution is 2.27. The molecule has 3 rings (SSSR count). The Bertz CT molecular complexity index is 794. The summed E-state index contributed by atoms with van der Waals surface area (Å²) in [6, 6.07) is 17.0. The minimum atomic E-state index is -0.364. The first-order valence-electron chi connectivity index (χ1n) is 6.58. The molecule has 4 nitrogen and oxygen atoms in total. The van der Waals surface area contributed by atoms with Crippen LogP contribution in [0.3, 0.4) is 0 Å². The van der Waals surface area contributed by atoms with Crippen LogP contribution in [0, 0.1) is 0 Å². The van der Waals surface area contributed by atoms with Gasteiger partial charge in [0, 0.05) is 17.3 Å². The number of methoxy groups -OCH3 is 1. The van der Waals surface area contributed by atoms with E-state index in [1.165, 1.54) is 7.11 Å². The number of hydrogen-bond donors (Lipinski definition) is 1. The maximum Gasteiger partial charge on any atom is 0.339 e. The van der Waals surface area contributed by atoms with Gasteiger partial charge in [0.15, 0.2) is 0 Å². The second-order valence-electron chi connectivity index (χ2n) is 4.54. The molecule has 0 bridgehead atoms. The van der Waals surface area contributed by atoms with Crippen LogP contribution in [0.25, 0.3) is 10.9 Å². The lowest BCUT2D eigenvalue weighted by atomic mass is 10.1. The molecule has 0 spiro atoms. The number of fused-ring (bicyclic) bond motifs is 1. The Hall–Kier alpha value is -2.88. The average molecular weight is 278 g/mol. The Morgan fingerprint density at radius 1 is 1.00 bits per heavy atom. The first kappa shape index (κ1) is 13.1. The number of carbonyl (C=O) groups is 1. The maximum atomic E-state index is 11.8. The van der Waals surface area contributed by atoms with Crippen molar-refractivity contribution in [1.82, 2.24) is 4.98 Å². The fourth-order valence-corrected chi connectivity index (χ4v) is 2.23. The van der Waals surface area contributed by atoms with E-state index < -0.39 is 0 Å². The van der Waals surface area contributed by atoms with Crippen LogP contribution in [0.1, 0.15) is 10.4 Å². The molecule has 0 aliphatic rings. The number of nitrogens with one attached hydrogen (secondary N) is 1. The zero-order valence-corrected chi connectivity index (χ0v) is 11.5. The summed E-state index contributed by atoms with van der Waals surface area (Å²) in [4.78, 5) is 16.1. The molecule has 0 amide bonds. The molecule has 1 aromatic heterocycles. The van der Waals surface area contributed by atoms with Gasteiger partial charge in [-0.3, -0.25) is 4.98 Å². The number of hydrogen-bond acceptors (Lipinski definition) is 4. The van der Waals surface area contributed by atoms with Gasteiger partial charge in [-0.25, -0.2) is 4.79 Å². The van der Waals surface area contributed by atoms with Gasteiger partial charge in [0.05, 0.1) is 23.9 Å². The molecular weight excluding hydrogens is 264 g/mol. The molecule has 3 aromatic rings. The van der Waals surface area contributed by atoms with Gasteiger partial charge in [-0.2, -0.15) is 0 Å². The number of anilines is 2. The van der Waals surface area contributed by atoms with Gasteiger partial charge in [-0.05, 0) is 24.3 Å². The third-order valence-electron chi connectivity index (χ3n) is 3.25. The minimum Gasteiger partial charge on any atom is -0.465 e. The number of benzene rings is 2. The zero-order chi connectivity index (χ0) is 14.7. The molecule has 0 saturated carbocycles. The number of esters is 1. The van der Waals surface area contributed by atoms with Gasteiger partial charge in [-0.15, -0.1) is 0 Å². The van der Waals surface area contributed by atoms with Crippen molar-refractivity contribution in [3.63, 3.8) is 0 Å². The van der Waals surface area contributed by atoms with Gasteiger partial charge < -0.3 is 10.1 Å². The number of aromatic nitrogens is 1. The molecule has 0 aliphatic carbocycles. The summed E-state index contributed by atoms with van der Waals surface area (Å²) >= 11 is 0. The molecule has 0 aliphatic heterocycles. The second kappa shape index (κ2) is 5.63. The first-order chi connectivity index (χ1) is 10.3. The van der Waals surface area contributed by atoms with Crippen molar-refractivity contribution in [2.75, 3.05) is 12.4 Å². The molecular formula is C17H14N2O2. The van der Waals surface area contributed by atoms with Gasteiger partial charge in [0.25, 0.3) is 0 Å². The van der Waals surface area contributed by atoms with Crippen LogP contribution in [0.5, 0.6) is 0 Å². The lowest BCUT2D eigenvalue weighted by Gasteiger charge is -2.12. The van der Waals surface area contributed by atoms with E-state index in [0.29, 0.717) is 11.3 Å². The molecule has 0 saturated heterocycles. The van der Waals surface area contributed by atoms with E-state index in [1.54, 1.807) is 12.3 Å². The van der Waals surface area contributed by atoms with Crippen LogP contribution in [-0.2, 0) is 4.74 Å². The summed E-state index contributed by atoms with van der Waals surface area (Å²) in [7, 11) is 1.38. The van der Waals surface area contributed by atoms with Crippen LogP contribution in [-0.4, -0.2) is 18.1 Å². The predicted molar refractivity (Wildman–Crippen MR) is 82.8 cm³/mol. The Labute approximate surface area is 122 Å². The zero-order valence-electron chi connectivity index (χ0n) is 11.5. The maximum absolute atomic E-state index is 11.8. The van der Waals surface area contributed by atoms with Crippen molar-refractivity contribution in [2.24, 2.45) is 0 Å². The number of carbonyl (C=O) groups excluding carboxylic acids is 1. The molecule has 1 heterocycles. The minimum absolute atomic E-state index is 0.364. The molecule has 0 atom stereocenters. The average Bonchev–Trinajstić information content (AvgIpc) is 2.55. The first-order valence-corrected chi connectivity index (χ1v) is 6.58. The Morgan fingerprint density at radius 3 is 2.62 bits per heavy atom. The van der Waals surface area contributed by atoms with Crippen molar-refractivity contribution in [1.29, 1.82) is 0 Å². The summed E-state index contributed by atoms with van der Waals surface area (Å²) in [5.74, 6) is -0.364. The fourth-order valence-electron chi connectivity index (χ4n) is 2.23. The van der Waals surface area contributed by atoms with Gasteiger partial charge >= 0.3 is 5.97 Å². The largest absolute Gasteiger partial charge is 0.465 e. The van der Waals surface area contributed by atoms with E-state index in [1.807, 2.05) is 48.5 Å². The SMILES string of the molecule is COC(=O)c1ccccc1Nc1ccnc2ccccc12. The molecule has 104 valence electrons. The summed E-state index contributed by atoms with van der Waals surface area (Å²) in [6.45, 7) is 0. The topological polar surface area (TPSA) is 51.2 Å². The van der Waals surface area contributed by atoms with Crippen LogP contribution in [0.2, 0.25) is 0 Å². The molecule has 0 radical (unpaired) electrons. The summed E-state index contributed by atoms with van der Waals surface area (Å²) in [6.07, 6.45) is 1.74. The van der Waals surface area contributed by atoms with Crippen LogP contribution >= 0.6 is 0 Å². The molecule has 0 unspecified atom stereocenters. The fraction of sp³-hybridized carbons (Fsp3) is 0.0588.